The largest absolute Gasteiger partial charge is 0.313 e. The molecule has 0 heterocycles. The first-order valence-corrected chi connectivity index (χ1v) is 9.41. The van der Waals surface area contributed by atoms with E-state index >= 15 is 0 Å². The molecule has 3 rings (SSSR count). The number of hydrogen-bond acceptors (Lipinski definition) is 1. The molecule has 0 saturated heterocycles. The molecule has 1 nitrogen and oxygen atoms in total. The maximum Gasteiger partial charge on any atom is 0.147 e. The summed E-state index contributed by atoms with van der Waals surface area (Å²) in [4.78, 5) is 0. The normalized spacial score (nSPS) is 11.3. The van der Waals surface area contributed by atoms with Crippen LogP contribution in [0.3, 0.4) is 0 Å². The smallest absolute Gasteiger partial charge is 0.147 e. The van der Waals surface area contributed by atoms with Crippen LogP contribution in [0.25, 0.3) is 0 Å². The molecule has 3 aromatic carbocycles. The van der Waals surface area contributed by atoms with Crippen LogP contribution in [0.2, 0.25) is 5.02 Å². The monoisotopic (exact) mass is 326 g/mol. The summed E-state index contributed by atoms with van der Waals surface area (Å²) in [5, 5.41) is 2.39. The highest BCUT2D eigenvalue weighted by molar-refractivity contribution is 7.78. The van der Waals surface area contributed by atoms with E-state index in [9.17, 15) is 4.57 Å². The molecule has 0 aliphatic carbocycles. The Morgan fingerprint density at radius 2 is 1.14 bits per heavy atom. The molecule has 0 atom stereocenters. The summed E-state index contributed by atoms with van der Waals surface area (Å²) in [5.41, 5.74) is 0.917. The van der Waals surface area contributed by atoms with Crippen LogP contribution in [0.4, 0.5) is 0 Å². The van der Waals surface area contributed by atoms with Gasteiger partial charge in [0, 0.05) is 21.8 Å². The molecule has 0 fully saturated rings. The second kappa shape index (κ2) is 6.52. The Hall–Kier alpha value is -1.82. The van der Waals surface area contributed by atoms with E-state index in [2.05, 4.69) is 0 Å². The van der Waals surface area contributed by atoms with Crippen LogP contribution < -0.4 is 10.6 Å². The van der Waals surface area contributed by atoms with E-state index in [0.717, 1.165) is 16.2 Å². The minimum atomic E-state index is -2.76. The van der Waals surface area contributed by atoms with Crippen molar-refractivity contribution in [2.75, 3.05) is 0 Å². The fourth-order valence-corrected chi connectivity index (χ4v) is 5.56. The van der Waals surface area contributed by atoms with E-state index in [1.807, 2.05) is 84.9 Å². The quantitative estimate of drug-likeness (QED) is 0.626. The van der Waals surface area contributed by atoms with Gasteiger partial charge in [0.05, 0.1) is 0 Å². The van der Waals surface area contributed by atoms with Gasteiger partial charge in [0.2, 0.25) is 0 Å². The van der Waals surface area contributed by atoms with Gasteiger partial charge in [0.15, 0.2) is 0 Å². The van der Waals surface area contributed by atoms with Crippen LogP contribution in [-0.4, -0.2) is 0 Å². The van der Waals surface area contributed by atoms with Gasteiger partial charge in [-0.3, -0.25) is 0 Å². The lowest BCUT2D eigenvalue weighted by Gasteiger charge is -2.20. The molecule has 110 valence electrons. The van der Waals surface area contributed by atoms with Gasteiger partial charge in [0.25, 0.3) is 0 Å². The maximum atomic E-state index is 13.9. The molecule has 0 aromatic heterocycles. The zero-order chi connectivity index (χ0) is 15.4. The van der Waals surface area contributed by atoms with Crippen molar-refractivity contribution in [2.45, 2.75) is 6.16 Å². The van der Waals surface area contributed by atoms with Crippen LogP contribution >= 0.6 is 18.7 Å². The highest BCUT2D eigenvalue weighted by Crippen LogP contribution is 2.47. The van der Waals surface area contributed by atoms with Gasteiger partial charge in [-0.2, -0.15) is 0 Å². The van der Waals surface area contributed by atoms with E-state index in [1.165, 1.54) is 0 Å². The predicted molar refractivity (Wildman–Crippen MR) is 94.9 cm³/mol. The van der Waals surface area contributed by atoms with Gasteiger partial charge < -0.3 is 4.57 Å². The van der Waals surface area contributed by atoms with Gasteiger partial charge in [-0.15, -0.1) is 0 Å². The first kappa shape index (κ1) is 15.1. The zero-order valence-electron chi connectivity index (χ0n) is 12.0. The molecule has 0 amide bonds. The molecule has 22 heavy (non-hydrogen) atoms. The van der Waals surface area contributed by atoms with Gasteiger partial charge >= 0.3 is 0 Å². The summed E-state index contributed by atoms with van der Waals surface area (Å²) in [6, 6.07) is 26.9. The van der Waals surface area contributed by atoms with Crippen LogP contribution in [0.1, 0.15) is 5.56 Å². The minimum absolute atomic E-state index is 0.431. The Morgan fingerprint density at radius 3 is 1.64 bits per heavy atom. The van der Waals surface area contributed by atoms with Crippen molar-refractivity contribution < 1.29 is 4.57 Å². The second-order valence-corrected chi connectivity index (χ2v) is 8.40. The zero-order valence-corrected chi connectivity index (χ0v) is 13.7. The molecule has 0 radical (unpaired) electrons. The van der Waals surface area contributed by atoms with Crippen molar-refractivity contribution in [1.29, 1.82) is 0 Å². The molecule has 3 heteroatoms. The molecule has 0 bridgehead atoms. The molecule has 0 aliphatic rings. The SMILES string of the molecule is O=P(Cc1ccccc1Cl)(c1ccccc1)c1ccccc1. The van der Waals surface area contributed by atoms with Crippen molar-refractivity contribution in [3.05, 3.63) is 95.5 Å². The summed E-state index contributed by atoms with van der Waals surface area (Å²) >= 11 is 6.28. The molecule has 0 saturated carbocycles. The average molecular weight is 327 g/mol. The van der Waals surface area contributed by atoms with Gasteiger partial charge in [-0.25, -0.2) is 0 Å². The second-order valence-electron chi connectivity index (χ2n) is 5.16. The number of rotatable bonds is 4. The molecule has 0 aliphatic heterocycles. The molecule has 3 aromatic rings. The van der Waals surface area contributed by atoms with E-state index in [-0.39, 0.29) is 0 Å². The summed E-state index contributed by atoms with van der Waals surface area (Å²) in [5.74, 6) is 0. The third-order valence-corrected chi connectivity index (χ3v) is 7.12. The van der Waals surface area contributed by atoms with Crippen molar-refractivity contribution in [3.63, 3.8) is 0 Å². The highest BCUT2D eigenvalue weighted by Gasteiger charge is 2.28. The summed E-state index contributed by atoms with van der Waals surface area (Å²) in [6.45, 7) is 0. The molecular formula is C19H16ClOP. The number of halogens is 1. The van der Waals surface area contributed by atoms with Crippen LogP contribution in [0.15, 0.2) is 84.9 Å². The van der Waals surface area contributed by atoms with Crippen LogP contribution in [-0.2, 0) is 10.7 Å². The molecular weight excluding hydrogens is 311 g/mol. The number of hydrogen-bond donors (Lipinski definition) is 0. The molecule has 0 N–H and O–H groups in total. The minimum Gasteiger partial charge on any atom is -0.313 e. The Kier molecular flexibility index (Phi) is 4.47. The van der Waals surface area contributed by atoms with Crippen molar-refractivity contribution >= 4 is 29.4 Å². The lowest BCUT2D eigenvalue weighted by atomic mass is 10.2. The van der Waals surface area contributed by atoms with Gasteiger partial charge in [0.1, 0.15) is 7.14 Å². The third kappa shape index (κ3) is 3.02. The molecule has 0 spiro atoms. The summed E-state index contributed by atoms with van der Waals surface area (Å²) in [7, 11) is -2.76. The number of benzene rings is 3. The topological polar surface area (TPSA) is 17.1 Å². The van der Waals surface area contributed by atoms with E-state index < -0.39 is 7.14 Å². The van der Waals surface area contributed by atoms with E-state index in [1.54, 1.807) is 0 Å². The summed E-state index contributed by atoms with van der Waals surface area (Å²) < 4.78 is 13.9. The third-order valence-electron chi connectivity index (χ3n) is 3.70. The Balaban J connectivity index is 2.13. The van der Waals surface area contributed by atoms with Gasteiger partial charge in [-0.1, -0.05) is 90.5 Å². The van der Waals surface area contributed by atoms with Gasteiger partial charge in [-0.05, 0) is 11.6 Å². The predicted octanol–water partition coefficient (Wildman–Crippen LogP) is 4.85. The fraction of sp³-hybridized carbons (Fsp3) is 0.0526. The van der Waals surface area contributed by atoms with Crippen LogP contribution in [0, 0.1) is 0 Å². The Labute approximate surface area is 136 Å². The Morgan fingerprint density at radius 1 is 0.682 bits per heavy atom. The summed E-state index contributed by atoms with van der Waals surface area (Å²) in [6.07, 6.45) is 0.431. The lowest BCUT2D eigenvalue weighted by Crippen LogP contribution is -2.17. The molecule has 0 unspecified atom stereocenters. The van der Waals surface area contributed by atoms with Crippen molar-refractivity contribution in [2.24, 2.45) is 0 Å². The maximum absolute atomic E-state index is 13.9. The van der Waals surface area contributed by atoms with E-state index in [0.29, 0.717) is 11.2 Å². The van der Waals surface area contributed by atoms with Crippen molar-refractivity contribution in [1.82, 2.24) is 0 Å². The lowest BCUT2D eigenvalue weighted by molar-refractivity contribution is 0.586. The highest BCUT2D eigenvalue weighted by atomic mass is 35.5. The average Bonchev–Trinajstić information content (AvgIpc) is 2.58. The Bertz CT molecular complexity index is 756. The van der Waals surface area contributed by atoms with Crippen molar-refractivity contribution in [3.8, 4) is 0 Å². The van der Waals surface area contributed by atoms with Crippen LogP contribution in [0.5, 0.6) is 0 Å². The first-order chi connectivity index (χ1) is 10.7. The standard InChI is InChI=1S/C19H16ClOP/c20-19-14-8-7-9-16(19)15-22(21,17-10-3-1-4-11-17)18-12-5-2-6-13-18/h1-14H,15H2. The van der Waals surface area contributed by atoms with E-state index in [4.69, 9.17) is 11.6 Å². The first-order valence-electron chi connectivity index (χ1n) is 7.14. The fourth-order valence-electron chi connectivity index (χ4n) is 2.54.